The highest BCUT2D eigenvalue weighted by molar-refractivity contribution is 7.89. The molecule has 1 fully saturated rings. The SMILES string of the molecule is CC1(C)COCCN1c1ccc(S(N)(=O)=O)cc1C(=O)O. The molecule has 1 aliphatic heterocycles. The summed E-state index contributed by atoms with van der Waals surface area (Å²) in [5.41, 5.74) is -0.00865. The number of morpholine rings is 1. The van der Waals surface area contributed by atoms with Gasteiger partial charge in [0.1, 0.15) is 0 Å². The summed E-state index contributed by atoms with van der Waals surface area (Å²) in [6, 6.07) is 3.90. The molecule has 0 unspecified atom stereocenters. The van der Waals surface area contributed by atoms with Crippen molar-refractivity contribution in [2.75, 3.05) is 24.7 Å². The van der Waals surface area contributed by atoms with Crippen molar-refractivity contribution in [3.05, 3.63) is 23.8 Å². The van der Waals surface area contributed by atoms with Crippen molar-refractivity contribution in [3.8, 4) is 0 Å². The van der Waals surface area contributed by atoms with Crippen molar-refractivity contribution in [1.82, 2.24) is 0 Å². The molecule has 1 heterocycles. The first-order valence-electron chi connectivity index (χ1n) is 6.38. The zero-order valence-electron chi connectivity index (χ0n) is 11.9. The van der Waals surface area contributed by atoms with E-state index in [1.165, 1.54) is 12.1 Å². The third-order valence-corrected chi connectivity index (χ3v) is 4.37. The van der Waals surface area contributed by atoms with Gasteiger partial charge in [-0.05, 0) is 32.0 Å². The second-order valence-electron chi connectivity index (χ2n) is 5.55. The van der Waals surface area contributed by atoms with Gasteiger partial charge in [-0.15, -0.1) is 0 Å². The van der Waals surface area contributed by atoms with E-state index >= 15 is 0 Å². The molecule has 1 aromatic rings. The molecule has 7 nitrogen and oxygen atoms in total. The van der Waals surface area contributed by atoms with Crippen LogP contribution in [0.25, 0.3) is 0 Å². The van der Waals surface area contributed by atoms with Crippen molar-refractivity contribution in [1.29, 1.82) is 0 Å². The van der Waals surface area contributed by atoms with Crippen LogP contribution < -0.4 is 10.0 Å². The normalized spacial score (nSPS) is 18.5. The predicted octanol–water partition coefficient (Wildman–Crippen LogP) is 0.647. The van der Waals surface area contributed by atoms with E-state index in [9.17, 15) is 18.3 Å². The number of nitrogens with two attached hydrogens (primary N) is 1. The summed E-state index contributed by atoms with van der Waals surface area (Å²) in [4.78, 5) is 13.2. The fraction of sp³-hybridized carbons (Fsp3) is 0.462. The van der Waals surface area contributed by atoms with Gasteiger partial charge in [-0.2, -0.15) is 0 Å². The monoisotopic (exact) mass is 314 g/mol. The first-order valence-corrected chi connectivity index (χ1v) is 7.93. The van der Waals surface area contributed by atoms with E-state index in [1.807, 2.05) is 18.7 Å². The molecule has 0 bridgehead atoms. The number of carboxylic acid groups (broad SMARTS) is 1. The van der Waals surface area contributed by atoms with E-state index in [2.05, 4.69) is 0 Å². The third kappa shape index (κ3) is 3.17. The van der Waals surface area contributed by atoms with Crippen molar-refractivity contribution in [2.24, 2.45) is 5.14 Å². The van der Waals surface area contributed by atoms with Gasteiger partial charge in [0.2, 0.25) is 10.0 Å². The van der Waals surface area contributed by atoms with Crippen LogP contribution in [0.4, 0.5) is 5.69 Å². The molecule has 1 aliphatic rings. The Balaban J connectivity index is 2.56. The second-order valence-corrected chi connectivity index (χ2v) is 7.11. The number of aromatic carboxylic acids is 1. The van der Waals surface area contributed by atoms with Crippen LogP contribution in [0.15, 0.2) is 23.1 Å². The highest BCUT2D eigenvalue weighted by Crippen LogP contribution is 2.31. The van der Waals surface area contributed by atoms with E-state index in [1.54, 1.807) is 0 Å². The molecule has 1 saturated heterocycles. The van der Waals surface area contributed by atoms with Gasteiger partial charge in [-0.25, -0.2) is 18.4 Å². The van der Waals surface area contributed by atoms with Gasteiger partial charge in [0.05, 0.1) is 34.9 Å². The zero-order valence-corrected chi connectivity index (χ0v) is 12.7. The van der Waals surface area contributed by atoms with Crippen LogP contribution in [-0.4, -0.2) is 44.8 Å². The molecule has 1 aromatic carbocycles. The van der Waals surface area contributed by atoms with Crippen LogP contribution in [0, 0.1) is 0 Å². The first kappa shape index (κ1) is 15.7. The van der Waals surface area contributed by atoms with Crippen molar-refractivity contribution >= 4 is 21.7 Å². The molecule has 0 aromatic heterocycles. The van der Waals surface area contributed by atoms with Crippen LogP contribution >= 0.6 is 0 Å². The van der Waals surface area contributed by atoms with Crippen LogP contribution in [-0.2, 0) is 14.8 Å². The van der Waals surface area contributed by atoms with Crippen molar-refractivity contribution < 1.29 is 23.1 Å². The van der Waals surface area contributed by atoms with Crippen molar-refractivity contribution in [2.45, 2.75) is 24.3 Å². The van der Waals surface area contributed by atoms with Crippen LogP contribution in [0.3, 0.4) is 0 Å². The number of primary sulfonamides is 1. The average molecular weight is 314 g/mol. The number of ether oxygens (including phenoxy) is 1. The van der Waals surface area contributed by atoms with Gasteiger partial charge in [0, 0.05) is 6.54 Å². The molecule has 0 amide bonds. The standard InChI is InChI=1S/C13H18N2O5S/c1-13(2)8-20-6-5-15(13)11-4-3-9(21(14,18)19)7-10(11)12(16)17/h3-4,7H,5-6,8H2,1-2H3,(H,16,17)(H2,14,18,19). The number of carbonyl (C=O) groups is 1. The smallest absolute Gasteiger partial charge is 0.337 e. The summed E-state index contributed by atoms with van der Waals surface area (Å²) in [6.07, 6.45) is 0. The Bertz CT molecular complexity index is 669. The van der Waals surface area contributed by atoms with Gasteiger partial charge in [0.15, 0.2) is 0 Å². The molecule has 0 radical (unpaired) electrons. The summed E-state index contributed by atoms with van der Waals surface area (Å²) in [5.74, 6) is -1.20. The Labute approximate surface area is 123 Å². The number of hydrogen-bond acceptors (Lipinski definition) is 5. The Morgan fingerprint density at radius 3 is 2.62 bits per heavy atom. The van der Waals surface area contributed by atoms with Gasteiger partial charge >= 0.3 is 5.97 Å². The maximum absolute atomic E-state index is 11.5. The molecule has 2 rings (SSSR count). The Morgan fingerprint density at radius 2 is 2.10 bits per heavy atom. The lowest BCUT2D eigenvalue weighted by Crippen LogP contribution is -2.53. The lowest BCUT2D eigenvalue weighted by Gasteiger charge is -2.44. The number of benzene rings is 1. The van der Waals surface area contributed by atoms with Gasteiger partial charge in [-0.3, -0.25) is 0 Å². The number of sulfonamides is 1. The van der Waals surface area contributed by atoms with Crippen molar-refractivity contribution in [3.63, 3.8) is 0 Å². The van der Waals surface area contributed by atoms with E-state index in [0.29, 0.717) is 25.4 Å². The molecule has 21 heavy (non-hydrogen) atoms. The molecular weight excluding hydrogens is 296 g/mol. The summed E-state index contributed by atoms with van der Waals surface area (Å²) in [5, 5.41) is 14.4. The lowest BCUT2D eigenvalue weighted by atomic mass is 9.99. The Kier molecular flexibility index (Phi) is 3.96. The molecule has 8 heteroatoms. The van der Waals surface area contributed by atoms with E-state index < -0.39 is 16.0 Å². The Morgan fingerprint density at radius 1 is 1.43 bits per heavy atom. The maximum Gasteiger partial charge on any atom is 0.337 e. The minimum atomic E-state index is -3.94. The third-order valence-electron chi connectivity index (χ3n) is 3.46. The largest absolute Gasteiger partial charge is 0.478 e. The Hall–Kier alpha value is -1.64. The minimum absolute atomic E-state index is 0.0866. The molecule has 0 spiro atoms. The quantitative estimate of drug-likeness (QED) is 0.847. The van der Waals surface area contributed by atoms with Crippen LogP contribution in [0.2, 0.25) is 0 Å². The number of rotatable bonds is 3. The van der Waals surface area contributed by atoms with E-state index in [4.69, 9.17) is 9.88 Å². The maximum atomic E-state index is 11.5. The topological polar surface area (TPSA) is 110 Å². The molecular formula is C13H18N2O5S. The highest BCUT2D eigenvalue weighted by Gasteiger charge is 2.33. The molecule has 3 N–H and O–H groups in total. The summed E-state index contributed by atoms with van der Waals surface area (Å²) >= 11 is 0. The first-order chi connectivity index (χ1) is 9.63. The number of hydrogen-bond donors (Lipinski definition) is 2. The van der Waals surface area contributed by atoms with Crippen LogP contribution in [0.1, 0.15) is 24.2 Å². The number of carboxylic acids is 1. The number of anilines is 1. The summed E-state index contributed by atoms with van der Waals surface area (Å²) in [7, 11) is -3.94. The van der Waals surface area contributed by atoms with Gasteiger partial charge in [0.25, 0.3) is 0 Å². The lowest BCUT2D eigenvalue weighted by molar-refractivity contribution is 0.0629. The average Bonchev–Trinajstić information content (AvgIpc) is 2.36. The fourth-order valence-corrected chi connectivity index (χ4v) is 2.94. The second kappa shape index (κ2) is 5.28. The highest BCUT2D eigenvalue weighted by atomic mass is 32.2. The molecule has 0 atom stereocenters. The molecule has 0 aliphatic carbocycles. The van der Waals surface area contributed by atoms with E-state index in [0.717, 1.165) is 6.07 Å². The minimum Gasteiger partial charge on any atom is -0.478 e. The van der Waals surface area contributed by atoms with E-state index in [-0.39, 0.29) is 16.0 Å². The number of nitrogens with zero attached hydrogens (tertiary/aromatic N) is 1. The summed E-state index contributed by atoms with van der Waals surface area (Å²) in [6.45, 7) is 5.35. The zero-order chi connectivity index (χ0) is 15.8. The fourth-order valence-electron chi connectivity index (χ4n) is 2.40. The predicted molar refractivity (Wildman–Crippen MR) is 77.0 cm³/mol. The molecule has 116 valence electrons. The summed E-state index contributed by atoms with van der Waals surface area (Å²) < 4.78 is 28.2. The van der Waals surface area contributed by atoms with Gasteiger partial charge < -0.3 is 14.7 Å². The van der Waals surface area contributed by atoms with Crippen LogP contribution in [0.5, 0.6) is 0 Å². The molecule has 0 saturated carbocycles. The van der Waals surface area contributed by atoms with Gasteiger partial charge in [-0.1, -0.05) is 0 Å².